The number of nitrogens with zero attached hydrogens (tertiary/aromatic N) is 2. The maximum Gasteiger partial charge on any atom is 0.159 e. The number of hydrogen-bond donors (Lipinski definition) is 1. The predicted molar refractivity (Wildman–Crippen MR) is 164 cm³/mol. The van der Waals surface area contributed by atoms with Crippen LogP contribution in [0.2, 0.25) is 0 Å². The van der Waals surface area contributed by atoms with Crippen LogP contribution in [0.4, 0.5) is 17.6 Å². The van der Waals surface area contributed by atoms with Gasteiger partial charge >= 0.3 is 0 Å². The monoisotopic (exact) mass is 625 g/mol. The number of likely N-dealkylation sites (tertiary alicyclic amines) is 2. The molecule has 0 amide bonds. The average molecular weight is 626 g/mol. The molecule has 1 N–H and O–H groups in total. The highest BCUT2D eigenvalue weighted by Crippen LogP contribution is 2.27. The fraction of sp³-hybridized carbons (Fsp3) is 0.457. The van der Waals surface area contributed by atoms with Crippen molar-refractivity contribution in [3.8, 4) is 0 Å². The molecule has 0 saturated carbocycles. The van der Waals surface area contributed by atoms with Crippen molar-refractivity contribution in [3.63, 3.8) is 0 Å². The molecule has 6 nitrogen and oxygen atoms in total. The van der Waals surface area contributed by atoms with Gasteiger partial charge in [0.15, 0.2) is 29.1 Å². The summed E-state index contributed by atoms with van der Waals surface area (Å²) in [6, 6.07) is 7.14. The summed E-state index contributed by atoms with van der Waals surface area (Å²) in [5, 5.41) is 3.10. The zero-order valence-corrected chi connectivity index (χ0v) is 25.3. The van der Waals surface area contributed by atoms with E-state index in [4.69, 9.17) is 0 Å². The van der Waals surface area contributed by atoms with E-state index in [0.29, 0.717) is 48.7 Å². The van der Waals surface area contributed by atoms with Gasteiger partial charge in [-0.25, -0.2) is 17.6 Å². The Hall–Kier alpha value is -3.79. The summed E-state index contributed by atoms with van der Waals surface area (Å²) in [4.78, 5) is 45.1. The quantitative estimate of drug-likeness (QED) is 0.261. The van der Waals surface area contributed by atoms with Gasteiger partial charge in [0, 0.05) is 63.5 Å². The molecule has 2 aromatic rings. The number of rotatable bonds is 10. The van der Waals surface area contributed by atoms with E-state index in [2.05, 4.69) is 15.1 Å². The maximum atomic E-state index is 14.0. The van der Waals surface area contributed by atoms with E-state index in [0.717, 1.165) is 62.8 Å². The molecule has 0 aliphatic carbocycles. The van der Waals surface area contributed by atoms with Crippen molar-refractivity contribution in [1.82, 2.24) is 15.1 Å². The molecule has 3 aliphatic rings. The first-order valence-electron chi connectivity index (χ1n) is 15.8. The molecule has 2 atom stereocenters. The molecule has 45 heavy (non-hydrogen) atoms. The number of nitrogens with one attached hydrogen (secondary N) is 1. The highest BCUT2D eigenvalue weighted by Gasteiger charge is 2.40. The van der Waals surface area contributed by atoms with Crippen LogP contribution in [-0.4, -0.2) is 66.4 Å². The van der Waals surface area contributed by atoms with Crippen LogP contribution in [0.3, 0.4) is 0 Å². The molecular formula is C35H39F4N3O3. The van der Waals surface area contributed by atoms with Gasteiger partial charge in [-0.1, -0.05) is 12.1 Å². The van der Waals surface area contributed by atoms with Crippen molar-refractivity contribution < 1.29 is 31.9 Å². The second kappa shape index (κ2) is 15.0. The molecule has 0 aromatic heterocycles. The third kappa shape index (κ3) is 8.28. The van der Waals surface area contributed by atoms with Crippen molar-refractivity contribution in [2.75, 3.05) is 39.3 Å². The van der Waals surface area contributed by atoms with Gasteiger partial charge in [0.25, 0.3) is 0 Å². The highest BCUT2D eigenvalue weighted by molar-refractivity contribution is 6.13. The Morgan fingerprint density at radius 3 is 1.42 bits per heavy atom. The Morgan fingerprint density at radius 1 is 0.644 bits per heavy atom. The zero-order valence-electron chi connectivity index (χ0n) is 25.3. The molecule has 0 spiro atoms. The van der Waals surface area contributed by atoms with E-state index < -0.39 is 40.9 Å². The minimum absolute atomic E-state index is 0.0763. The standard InChI is InChI=1S/C35H39F4N3O3/c36-29-9-7-23(17-31(29)38)15-25(41-11-3-1-4-12-41)19-33(43)27-21-40-22-28(35(27)45)34(44)20-26(42-13-5-2-6-14-42)16-24-8-10-30(37)32(39)18-24/h7-10,15-18,27-28,40H,1-6,11-14,19-22H2/b25-15+,26-16+. The second-order valence-corrected chi connectivity index (χ2v) is 12.2. The number of allylic oxidation sites excluding steroid dienone is 2. The van der Waals surface area contributed by atoms with Crippen LogP contribution >= 0.6 is 0 Å². The van der Waals surface area contributed by atoms with Crippen LogP contribution in [0.1, 0.15) is 62.5 Å². The minimum Gasteiger partial charge on any atom is -0.374 e. The Morgan fingerprint density at radius 2 is 1.04 bits per heavy atom. The summed E-state index contributed by atoms with van der Waals surface area (Å²) in [5.74, 6) is -7.04. The summed E-state index contributed by atoms with van der Waals surface area (Å²) in [6.07, 6.45) is 9.03. The molecular weight excluding hydrogens is 586 g/mol. The highest BCUT2D eigenvalue weighted by atomic mass is 19.2. The van der Waals surface area contributed by atoms with Gasteiger partial charge in [-0.05, 0) is 86.1 Å². The van der Waals surface area contributed by atoms with Crippen LogP contribution in [0, 0.1) is 35.1 Å². The molecule has 3 aliphatic heterocycles. The lowest BCUT2D eigenvalue weighted by molar-refractivity contribution is -0.140. The third-order valence-electron chi connectivity index (χ3n) is 8.95. The Kier molecular flexibility index (Phi) is 10.9. The third-order valence-corrected chi connectivity index (χ3v) is 8.95. The van der Waals surface area contributed by atoms with Gasteiger partial charge in [0.2, 0.25) is 0 Å². The predicted octanol–water partition coefficient (Wildman–Crippen LogP) is 5.92. The fourth-order valence-electron chi connectivity index (χ4n) is 6.42. The van der Waals surface area contributed by atoms with Crippen LogP contribution in [0.5, 0.6) is 0 Å². The summed E-state index contributed by atoms with van der Waals surface area (Å²) in [6.45, 7) is 3.08. The lowest BCUT2D eigenvalue weighted by Crippen LogP contribution is -2.50. The van der Waals surface area contributed by atoms with Crippen LogP contribution in [0.15, 0.2) is 47.8 Å². The van der Waals surface area contributed by atoms with E-state index >= 15 is 0 Å². The Balaban J connectivity index is 1.33. The molecule has 3 heterocycles. The zero-order chi connectivity index (χ0) is 31.9. The molecule has 3 saturated heterocycles. The molecule has 0 bridgehead atoms. The fourth-order valence-corrected chi connectivity index (χ4v) is 6.42. The largest absolute Gasteiger partial charge is 0.374 e. The van der Waals surface area contributed by atoms with Crippen molar-refractivity contribution in [3.05, 3.63) is 82.2 Å². The molecule has 0 radical (unpaired) electrons. The molecule has 3 fully saturated rings. The van der Waals surface area contributed by atoms with Gasteiger partial charge in [0.1, 0.15) is 11.6 Å². The van der Waals surface area contributed by atoms with Crippen molar-refractivity contribution in [1.29, 1.82) is 0 Å². The van der Waals surface area contributed by atoms with Crippen LogP contribution in [-0.2, 0) is 14.4 Å². The normalized spacial score (nSPS) is 21.6. The smallest absolute Gasteiger partial charge is 0.159 e. The van der Waals surface area contributed by atoms with E-state index in [-0.39, 0.29) is 37.5 Å². The van der Waals surface area contributed by atoms with E-state index in [9.17, 15) is 31.9 Å². The number of ketones is 3. The molecule has 240 valence electrons. The number of Topliss-reactive ketones (excluding diaryl/α,β-unsaturated/α-hetero) is 3. The molecule has 2 aromatic carbocycles. The Bertz CT molecular complexity index is 1370. The molecule has 5 rings (SSSR count). The summed E-state index contributed by atoms with van der Waals surface area (Å²) < 4.78 is 55.0. The summed E-state index contributed by atoms with van der Waals surface area (Å²) >= 11 is 0. The average Bonchev–Trinajstić information content (AvgIpc) is 3.04. The van der Waals surface area contributed by atoms with Gasteiger partial charge in [0.05, 0.1) is 11.8 Å². The molecule has 2 unspecified atom stereocenters. The molecule has 10 heteroatoms. The lowest BCUT2D eigenvalue weighted by atomic mass is 9.81. The number of benzene rings is 2. The van der Waals surface area contributed by atoms with E-state index in [1.807, 2.05) is 0 Å². The number of carbonyl (C=O) groups is 3. The van der Waals surface area contributed by atoms with Gasteiger partial charge < -0.3 is 15.1 Å². The number of hydrogen-bond acceptors (Lipinski definition) is 6. The number of piperidine rings is 3. The second-order valence-electron chi connectivity index (χ2n) is 12.2. The first kappa shape index (κ1) is 32.6. The van der Waals surface area contributed by atoms with Crippen molar-refractivity contribution in [2.45, 2.75) is 51.4 Å². The maximum absolute atomic E-state index is 14.0. The minimum atomic E-state index is -1.03. The van der Waals surface area contributed by atoms with Gasteiger partial charge in [-0.2, -0.15) is 0 Å². The number of halogens is 4. The van der Waals surface area contributed by atoms with E-state index in [1.165, 1.54) is 12.1 Å². The van der Waals surface area contributed by atoms with Gasteiger partial charge in [-0.15, -0.1) is 0 Å². The van der Waals surface area contributed by atoms with Crippen molar-refractivity contribution in [2.24, 2.45) is 11.8 Å². The lowest BCUT2D eigenvalue weighted by Gasteiger charge is -2.33. The summed E-state index contributed by atoms with van der Waals surface area (Å²) in [7, 11) is 0. The topological polar surface area (TPSA) is 69.7 Å². The van der Waals surface area contributed by atoms with Gasteiger partial charge in [-0.3, -0.25) is 14.4 Å². The van der Waals surface area contributed by atoms with Crippen LogP contribution in [0.25, 0.3) is 12.2 Å². The van der Waals surface area contributed by atoms with Crippen molar-refractivity contribution >= 4 is 29.5 Å². The first-order chi connectivity index (χ1) is 21.7. The first-order valence-corrected chi connectivity index (χ1v) is 15.8. The SMILES string of the molecule is O=C(C/C(=C\c1ccc(F)c(F)c1)N1CCCCC1)C1CNCC(C(=O)C/C(=C\c2ccc(F)c(F)c2)N2CCCCC2)C1=O. The summed E-state index contributed by atoms with van der Waals surface area (Å²) in [5.41, 5.74) is 2.10. The Labute approximate surface area is 261 Å². The van der Waals surface area contributed by atoms with E-state index in [1.54, 1.807) is 12.2 Å². The number of carbonyl (C=O) groups excluding carboxylic acids is 3. The van der Waals surface area contributed by atoms with Crippen LogP contribution < -0.4 is 5.32 Å².